The SMILES string of the molecule is CC(O)CO.NCCO.OCC(O)CO.OCCN(CCO)CCO. The van der Waals surface area contributed by atoms with Crippen molar-refractivity contribution in [3.05, 3.63) is 0 Å². The van der Waals surface area contributed by atoms with Gasteiger partial charge in [-0.3, -0.25) is 4.90 Å². The Morgan fingerprint density at radius 1 is 0.680 bits per heavy atom. The van der Waals surface area contributed by atoms with Crippen molar-refractivity contribution in [2.24, 2.45) is 5.73 Å². The van der Waals surface area contributed by atoms with E-state index in [2.05, 4.69) is 0 Å². The van der Waals surface area contributed by atoms with Crippen LogP contribution in [0.15, 0.2) is 0 Å². The summed E-state index contributed by atoms with van der Waals surface area (Å²) in [5.41, 5.74) is 4.78. The van der Waals surface area contributed by atoms with Crippen molar-refractivity contribution in [2.45, 2.75) is 19.1 Å². The van der Waals surface area contributed by atoms with Crippen LogP contribution in [-0.4, -0.2) is 135 Å². The van der Waals surface area contributed by atoms with Crippen LogP contribution in [0, 0.1) is 0 Å². The molecule has 11 N–H and O–H groups in total. The molecule has 0 aliphatic rings. The molecule has 0 spiro atoms. The van der Waals surface area contributed by atoms with E-state index in [0.717, 1.165) is 0 Å². The first-order valence-corrected chi connectivity index (χ1v) is 7.89. The van der Waals surface area contributed by atoms with Crippen LogP contribution in [0.1, 0.15) is 6.92 Å². The lowest BCUT2D eigenvalue weighted by Gasteiger charge is -2.17. The van der Waals surface area contributed by atoms with E-state index in [1.807, 2.05) is 0 Å². The molecule has 158 valence electrons. The summed E-state index contributed by atoms with van der Waals surface area (Å²) in [7, 11) is 0. The van der Waals surface area contributed by atoms with Crippen molar-refractivity contribution < 1.29 is 46.0 Å². The molecule has 0 rings (SSSR count). The Balaban J connectivity index is -0.000000127. The standard InChI is InChI=1S/C6H15NO3.C3H8O3.C3H8O2.C2H7NO/c8-4-1-7(2-5-9)3-6-10;4-1-3(6)2-5;1-3(5)2-4;3-1-2-4/h8-10H,1-6H2;3-6H,1-2H2;3-5H,2H2,1H3;4H,1-3H2. The second-order valence-electron chi connectivity index (χ2n) is 4.58. The molecule has 0 aliphatic carbocycles. The summed E-state index contributed by atoms with van der Waals surface area (Å²) in [5.74, 6) is 0. The van der Waals surface area contributed by atoms with Crippen molar-refractivity contribution in [3.63, 3.8) is 0 Å². The van der Waals surface area contributed by atoms with Gasteiger partial charge in [0.2, 0.25) is 0 Å². The van der Waals surface area contributed by atoms with E-state index in [-0.39, 0.29) is 46.2 Å². The third kappa shape index (κ3) is 45.2. The lowest BCUT2D eigenvalue weighted by atomic mass is 10.4. The molecule has 25 heavy (non-hydrogen) atoms. The largest absolute Gasteiger partial charge is 0.395 e. The van der Waals surface area contributed by atoms with Crippen LogP contribution >= 0.6 is 0 Å². The Hall–Kier alpha value is -0.440. The Labute approximate surface area is 149 Å². The number of hydrogen-bond acceptors (Lipinski definition) is 11. The maximum atomic E-state index is 8.48. The lowest BCUT2D eigenvalue weighted by Crippen LogP contribution is -2.32. The first-order chi connectivity index (χ1) is 11.8. The number of hydrogen-bond donors (Lipinski definition) is 10. The summed E-state index contributed by atoms with van der Waals surface area (Å²) in [4.78, 5) is 1.79. The van der Waals surface area contributed by atoms with E-state index in [9.17, 15) is 0 Å². The van der Waals surface area contributed by atoms with Crippen molar-refractivity contribution in [3.8, 4) is 0 Å². The third-order valence-electron chi connectivity index (χ3n) is 2.06. The molecule has 0 aliphatic heterocycles. The average molecular weight is 378 g/mol. The first kappa shape index (κ1) is 32.3. The maximum absolute atomic E-state index is 8.48. The Bertz CT molecular complexity index is 183. The Kier molecular flexibility index (Phi) is 40.4. The number of nitrogens with two attached hydrogens (primary N) is 1. The van der Waals surface area contributed by atoms with Gasteiger partial charge >= 0.3 is 0 Å². The van der Waals surface area contributed by atoms with E-state index in [4.69, 9.17) is 51.7 Å². The fourth-order valence-electron chi connectivity index (χ4n) is 0.817. The quantitative estimate of drug-likeness (QED) is 0.174. The molecule has 0 saturated carbocycles. The van der Waals surface area contributed by atoms with Gasteiger partial charge in [0, 0.05) is 26.2 Å². The topological polar surface area (TPSA) is 211 Å². The molecule has 0 aromatic heterocycles. The third-order valence-corrected chi connectivity index (χ3v) is 2.06. The molecular formula is C14H38N2O9. The van der Waals surface area contributed by atoms with Gasteiger partial charge in [0.15, 0.2) is 0 Å². The van der Waals surface area contributed by atoms with Crippen LogP contribution in [0.5, 0.6) is 0 Å². The first-order valence-electron chi connectivity index (χ1n) is 7.89. The normalized spacial score (nSPS) is 10.9. The molecule has 0 aromatic rings. The van der Waals surface area contributed by atoms with Crippen LogP contribution in [0.4, 0.5) is 0 Å². The van der Waals surface area contributed by atoms with Crippen molar-refractivity contribution >= 4 is 0 Å². The smallest absolute Gasteiger partial charge is 0.100 e. The van der Waals surface area contributed by atoms with Gasteiger partial charge in [-0.2, -0.15) is 0 Å². The van der Waals surface area contributed by atoms with Crippen molar-refractivity contribution in [2.75, 3.05) is 72.4 Å². The minimum absolute atomic E-state index is 0.0694. The highest BCUT2D eigenvalue weighted by atomic mass is 16.3. The summed E-state index contributed by atoms with van der Waals surface area (Å²) in [6.45, 7) is 2.89. The minimum atomic E-state index is -0.954. The van der Waals surface area contributed by atoms with Crippen LogP contribution in [-0.2, 0) is 0 Å². The van der Waals surface area contributed by atoms with Gasteiger partial charge in [0.25, 0.3) is 0 Å². The molecule has 1 unspecified atom stereocenters. The Morgan fingerprint density at radius 3 is 1.04 bits per heavy atom. The van der Waals surface area contributed by atoms with Crippen molar-refractivity contribution in [1.82, 2.24) is 4.90 Å². The number of aliphatic hydroxyl groups excluding tert-OH is 9. The van der Waals surface area contributed by atoms with Gasteiger partial charge in [0.05, 0.1) is 52.4 Å². The van der Waals surface area contributed by atoms with Gasteiger partial charge in [0.1, 0.15) is 6.10 Å². The molecule has 0 radical (unpaired) electrons. The molecule has 0 fully saturated rings. The molecule has 0 amide bonds. The van der Waals surface area contributed by atoms with Gasteiger partial charge in [-0.15, -0.1) is 0 Å². The zero-order valence-electron chi connectivity index (χ0n) is 15.0. The average Bonchev–Trinajstić information content (AvgIpc) is 2.62. The van der Waals surface area contributed by atoms with Gasteiger partial charge < -0.3 is 51.7 Å². The molecular weight excluding hydrogens is 340 g/mol. The highest BCUT2D eigenvalue weighted by molar-refractivity contribution is 4.54. The summed E-state index contributed by atoms with van der Waals surface area (Å²) in [6, 6.07) is 0. The summed E-state index contributed by atoms with van der Waals surface area (Å²) in [5, 5.41) is 73.2. The van der Waals surface area contributed by atoms with E-state index in [1.165, 1.54) is 6.92 Å². The predicted octanol–water partition coefficient (Wildman–Crippen LogP) is -5.11. The zero-order chi connectivity index (χ0) is 20.5. The van der Waals surface area contributed by atoms with Crippen LogP contribution in [0.2, 0.25) is 0 Å². The highest BCUT2D eigenvalue weighted by Gasteiger charge is 2.00. The number of rotatable bonds is 10. The van der Waals surface area contributed by atoms with Gasteiger partial charge in [-0.05, 0) is 6.92 Å². The second kappa shape index (κ2) is 31.3. The molecule has 0 heterocycles. The molecule has 0 saturated heterocycles. The highest BCUT2D eigenvalue weighted by Crippen LogP contribution is 1.84. The predicted molar refractivity (Wildman–Crippen MR) is 92.8 cm³/mol. The van der Waals surface area contributed by atoms with Crippen LogP contribution < -0.4 is 5.73 Å². The van der Waals surface area contributed by atoms with E-state index < -0.39 is 12.2 Å². The van der Waals surface area contributed by atoms with E-state index in [0.29, 0.717) is 26.2 Å². The molecule has 1 atom stereocenters. The monoisotopic (exact) mass is 378 g/mol. The van der Waals surface area contributed by atoms with Crippen LogP contribution in [0.25, 0.3) is 0 Å². The van der Waals surface area contributed by atoms with Crippen LogP contribution in [0.3, 0.4) is 0 Å². The second-order valence-corrected chi connectivity index (χ2v) is 4.58. The summed E-state index contributed by atoms with van der Waals surface area (Å²) in [6.07, 6.45) is -1.51. The number of nitrogens with zero attached hydrogens (tertiary/aromatic N) is 1. The van der Waals surface area contributed by atoms with Gasteiger partial charge in [-0.25, -0.2) is 0 Å². The van der Waals surface area contributed by atoms with E-state index in [1.54, 1.807) is 4.90 Å². The fraction of sp³-hybridized carbons (Fsp3) is 1.00. The minimum Gasteiger partial charge on any atom is -0.395 e. The molecule has 11 heteroatoms. The van der Waals surface area contributed by atoms with Gasteiger partial charge in [-0.1, -0.05) is 0 Å². The molecule has 0 aromatic carbocycles. The van der Waals surface area contributed by atoms with Crippen molar-refractivity contribution in [1.29, 1.82) is 0 Å². The number of aliphatic hydroxyl groups is 9. The zero-order valence-corrected chi connectivity index (χ0v) is 15.0. The summed E-state index contributed by atoms with van der Waals surface area (Å²) < 4.78 is 0. The lowest BCUT2D eigenvalue weighted by molar-refractivity contribution is 0.0450. The summed E-state index contributed by atoms with van der Waals surface area (Å²) >= 11 is 0. The fourth-order valence-corrected chi connectivity index (χ4v) is 0.817. The Morgan fingerprint density at radius 2 is 0.960 bits per heavy atom. The molecule has 11 nitrogen and oxygen atoms in total. The molecule has 0 bridgehead atoms. The maximum Gasteiger partial charge on any atom is 0.100 e. The van der Waals surface area contributed by atoms with E-state index >= 15 is 0 Å².